The van der Waals surface area contributed by atoms with Crippen molar-refractivity contribution in [3.8, 4) is 0 Å². The lowest BCUT2D eigenvalue weighted by molar-refractivity contribution is -0.00112. The molecular formula is C25H44F2O. The molecule has 0 aromatic heterocycles. The van der Waals surface area contributed by atoms with Crippen molar-refractivity contribution in [3.05, 3.63) is 36.0 Å². The maximum Gasteiger partial charge on any atom is 0.161 e. The number of allylic oxidation sites excluding steroid dienone is 4. The van der Waals surface area contributed by atoms with Crippen LogP contribution in [0.4, 0.5) is 8.78 Å². The molecule has 0 radical (unpaired) electrons. The van der Waals surface area contributed by atoms with Gasteiger partial charge in [0, 0.05) is 6.61 Å². The van der Waals surface area contributed by atoms with E-state index in [1.807, 2.05) is 6.92 Å². The van der Waals surface area contributed by atoms with Crippen LogP contribution in [-0.4, -0.2) is 12.7 Å². The van der Waals surface area contributed by atoms with Gasteiger partial charge in [0.1, 0.15) is 0 Å². The summed E-state index contributed by atoms with van der Waals surface area (Å²) in [6.07, 6.45) is 4.29. The summed E-state index contributed by atoms with van der Waals surface area (Å²) in [5.41, 5.74) is 0.312. The number of hydrogen-bond acceptors (Lipinski definition) is 1. The number of ether oxygens (including phenoxy) is 1. The Hall–Kier alpha value is -0.960. The molecule has 0 amide bonds. The van der Waals surface area contributed by atoms with Crippen molar-refractivity contribution >= 4 is 0 Å². The standard InChI is InChI=1S/C25H44F2O/c1-16(2)11-12-18(5)21(8)15-28-23(10)20(7)14-13-19(6)22(9)25(27)24(26)17(3)4/h16,18-21,23H,3,9,11-15H2,1-2,4-8,10H3/b25-24-. The lowest BCUT2D eigenvalue weighted by Gasteiger charge is -2.26. The minimum absolute atomic E-state index is 0.0954. The molecule has 0 aromatic carbocycles. The molecule has 0 N–H and O–H groups in total. The highest BCUT2D eigenvalue weighted by Crippen LogP contribution is 2.30. The molecule has 0 aliphatic carbocycles. The van der Waals surface area contributed by atoms with Crippen molar-refractivity contribution in [3.63, 3.8) is 0 Å². The summed E-state index contributed by atoms with van der Waals surface area (Å²) in [6.45, 7) is 24.7. The first kappa shape index (κ1) is 27.0. The van der Waals surface area contributed by atoms with E-state index in [0.29, 0.717) is 17.8 Å². The third kappa shape index (κ3) is 10.0. The second kappa shape index (κ2) is 13.3. The fraction of sp³-hybridized carbons (Fsp3) is 0.760. The summed E-state index contributed by atoms with van der Waals surface area (Å²) in [5.74, 6) is 0.432. The zero-order valence-electron chi connectivity index (χ0n) is 19.6. The van der Waals surface area contributed by atoms with E-state index in [1.165, 1.54) is 19.8 Å². The molecule has 0 saturated heterocycles. The van der Waals surface area contributed by atoms with Crippen LogP contribution in [0.15, 0.2) is 36.0 Å². The van der Waals surface area contributed by atoms with E-state index in [0.717, 1.165) is 25.4 Å². The molecule has 5 unspecified atom stereocenters. The van der Waals surface area contributed by atoms with Crippen molar-refractivity contribution in [1.82, 2.24) is 0 Å². The number of rotatable bonds is 14. The fourth-order valence-electron chi connectivity index (χ4n) is 2.98. The molecule has 0 heterocycles. The van der Waals surface area contributed by atoms with Crippen LogP contribution in [-0.2, 0) is 4.74 Å². The van der Waals surface area contributed by atoms with Gasteiger partial charge in [0.15, 0.2) is 11.7 Å². The minimum Gasteiger partial charge on any atom is -0.378 e. The van der Waals surface area contributed by atoms with Gasteiger partial charge in [-0.15, -0.1) is 0 Å². The van der Waals surface area contributed by atoms with Gasteiger partial charge in [-0.3, -0.25) is 0 Å². The van der Waals surface area contributed by atoms with Crippen LogP contribution in [0.5, 0.6) is 0 Å². The SMILES string of the molecule is C=C(C)/C(F)=C(/F)C(=C)C(C)CCC(C)C(C)OCC(C)C(C)CCC(C)C. The third-order valence-corrected chi connectivity index (χ3v) is 6.09. The van der Waals surface area contributed by atoms with Gasteiger partial charge >= 0.3 is 0 Å². The Morgan fingerprint density at radius 2 is 1.29 bits per heavy atom. The van der Waals surface area contributed by atoms with E-state index >= 15 is 0 Å². The average molecular weight is 399 g/mol. The van der Waals surface area contributed by atoms with Gasteiger partial charge in [-0.05, 0) is 67.4 Å². The van der Waals surface area contributed by atoms with Crippen molar-refractivity contribution in [2.24, 2.45) is 29.6 Å². The Balaban J connectivity index is 4.41. The van der Waals surface area contributed by atoms with E-state index in [9.17, 15) is 8.78 Å². The normalized spacial score (nSPS) is 18.2. The maximum absolute atomic E-state index is 14.1. The molecular weight excluding hydrogens is 354 g/mol. The van der Waals surface area contributed by atoms with Gasteiger partial charge in [-0.25, -0.2) is 8.78 Å². The molecule has 0 saturated carbocycles. The van der Waals surface area contributed by atoms with Crippen LogP contribution in [0.2, 0.25) is 0 Å². The first-order valence-electron chi connectivity index (χ1n) is 10.9. The van der Waals surface area contributed by atoms with E-state index < -0.39 is 11.7 Å². The second-order valence-corrected chi connectivity index (χ2v) is 9.35. The molecule has 0 aliphatic rings. The lowest BCUT2D eigenvalue weighted by Crippen LogP contribution is -2.24. The van der Waals surface area contributed by atoms with Gasteiger partial charge in [0.25, 0.3) is 0 Å². The molecule has 1 nitrogen and oxygen atoms in total. The molecule has 0 fully saturated rings. The molecule has 5 atom stereocenters. The van der Waals surface area contributed by atoms with Crippen LogP contribution in [0.3, 0.4) is 0 Å². The largest absolute Gasteiger partial charge is 0.378 e. The predicted octanol–water partition coefficient (Wildman–Crippen LogP) is 8.44. The second-order valence-electron chi connectivity index (χ2n) is 9.35. The van der Waals surface area contributed by atoms with Crippen molar-refractivity contribution in [2.45, 2.75) is 87.2 Å². The van der Waals surface area contributed by atoms with Crippen molar-refractivity contribution in [1.29, 1.82) is 0 Å². The van der Waals surface area contributed by atoms with E-state index in [4.69, 9.17) is 4.74 Å². The summed E-state index contributed by atoms with van der Waals surface area (Å²) in [7, 11) is 0. The Morgan fingerprint density at radius 3 is 1.79 bits per heavy atom. The third-order valence-electron chi connectivity index (χ3n) is 6.09. The Labute approximate surface area is 173 Å². The Kier molecular flexibility index (Phi) is 12.8. The van der Waals surface area contributed by atoms with E-state index in [1.54, 1.807) is 0 Å². The van der Waals surface area contributed by atoms with Crippen LogP contribution in [0, 0.1) is 29.6 Å². The zero-order valence-corrected chi connectivity index (χ0v) is 19.6. The summed E-state index contributed by atoms with van der Waals surface area (Å²) in [4.78, 5) is 0. The fourth-order valence-corrected chi connectivity index (χ4v) is 2.98. The van der Waals surface area contributed by atoms with Crippen LogP contribution in [0.25, 0.3) is 0 Å². The summed E-state index contributed by atoms with van der Waals surface area (Å²) in [6, 6.07) is 0. The zero-order chi connectivity index (χ0) is 22.0. The Morgan fingerprint density at radius 1 is 0.750 bits per heavy atom. The van der Waals surface area contributed by atoms with Gasteiger partial charge in [0.05, 0.1) is 6.10 Å². The van der Waals surface area contributed by atoms with Crippen molar-refractivity contribution in [2.75, 3.05) is 6.61 Å². The van der Waals surface area contributed by atoms with Gasteiger partial charge < -0.3 is 4.74 Å². The minimum atomic E-state index is -0.887. The van der Waals surface area contributed by atoms with E-state index in [-0.39, 0.29) is 23.2 Å². The maximum atomic E-state index is 14.1. The first-order valence-corrected chi connectivity index (χ1v) is 10.9. The van der Waals surface area contributed by atoms with Crippen LogP contribution >= 0.6 is 0 Å². The molecule has 0 aliphatic heterocycles. The highest BCUT2D eigenvalue weighted by atomic mass is 19.2. The average Bonchev–Trinajstić information content (AvgIpc) is 2.65. The van der Waals surface area contributed by atoms with Gasteiger partial charge in [-0.2, -0.15) is 0 Å². The molecule has 0 aromatic rings. The molecule has 0 spiro atoms. The highest BCUT2D eigenvalue weighted by Gasteiger charge is 2.21. The summed E-state index contributed by atoms with van der Waals surface area (Å²) >= 11 is 0. The summed E-state index contributed by atoms with van der Waals surface area (Å²) < 4.78 is 33.9. The number of halogens is 2. The quantitative estimate of drug-likeness (QED) is 0.267. The topological polar surface area (TPSA) is 9.23 Å². The van der Waals surface area contributed by atoms with Gasteiger partial charge in [-0.1, -0.05) is 67.5 Å². The molecule has 0 rings (SSSR count). The van der Waals surface area contributed by atoms with E-state index in [2.05, 4.69) is 54.7 Å². The predicted molar refractivity (Wildman–Crippen MR) is 119 cm³/mol. The Bertz CT molecular complexity index is 521. The van der Waals surface area contributed by atoms with Crippen LogP contribution < -0.4 is 0 Å². The molecule has 28 heavy (non-hydrogen) atoms. The molecule has 0 bridgehead atoms. The van der Waals surface area contributed by atoms with Crippen LogP contribution in [0.1, 0.15) is 81.1 Å². The molecule has 164 valence electrons. The highest BCUT2D eigenvalue weighted by molar-refractivity contribution is 5.34. The van der Waals surface area contributed by atoms with Gasteiger partial charge in [0.2, 0.25) is 0 Å². The molecule has 3 heteroatoms. The first-order chi connectivity index (χ1) is 12.9. The number of hydrogen-bond donors (Lipinski definition) is 0. The summed E-state index contributed by atoms with van der Waals surface area (Å²) in [5, 5.41) is 0. The smallest absolute Gasteiger partial charge is 0.161 e. The lowest BCUT2D eigenvalue weighted by atomic mass is 9.89. The van der Waals surface area contributed by atoms with Crippen molar-refractivity contribution < 1.29 is 13.5 Å². The monoisotopic (exact) mass is 398 g/mol.